The summed E-state index contributed by atoms with van der Waals surface area (Å²) < 4.78 is 16.8. The Labute approximate surface area is 438 Å². The SMILES string of the molecule is CC/C=C\C/C=C\C/C=C\CCCCCCCC(=O)OC(COC(=O)CCCCC/C=C\C/C=C\C/C=C\CC)COC(=O)CCCCCCCCCCCC/C=C\C/C=C\C/C=C\CCCCCCC. The highest BCUT2D eigenvalue weighted by atomic mass is 16.6. The van der Waals surface area contributed by atoms with Crippen molar-refractivity contribution < 1.29 is 28.6 Å². The lowest BCUT2D eigenvalue weighted by molar-refractivity contribution is -0.167. The average molecular weight is 986 g/mol. The summed E-state index contributed by atoms with van der Waals surface area (Å²) in [7, 11) is 0. The smallest absolute Gasteiger partial charge is 0.306 e. The van der Waals surface area contributed by atoms with Gasteiger partial charge in [-0.05, 0) is 122 Å². The summed E-state index contributed by atoms with van der Waals surface area (Å²) in [6, 6.07) is 0. The summed E-state index contributed by atoms with van der Waals surface area (Å²) in [5.41, 5.74) is 0. The Kier molecular flexibility index (Phi) is 55.4. The molecule has 0 fully saturated rings. The topological polar surface area (TPSA) is 78.9 Å². The molecule has 0 saturated heterocycles. The van der Waals surface area contributed by atoms with Crippen LogP contribution in [0.2, 0.25) is 0 Å². The van der Waals surface area contributed by atoms with Crippen molar-refractivity contribution in [1.29, 1.82) is 0 Å². The summed E-state index contributed by atoms with van der Waals surface area (Å²) in [4.78, 5) is 38.1. The molecule has 0 saturated carbocycles. The molecule has 0 spiro atoms. The first-order valence-corrected chi connectivity index (χ1v) is 29.4. The molecule has 0 aliphatic carbocycles. The van der Waals surface area contributed by atoms with E-state index in [4.69, 9.17) is 14.2 Å². The number of esters is 3. The Hall–Kier alpha value is -3.93. The Balaban J connectivity index is 4.35. The second-order valence-electron chi connectivity index (χ2n) is 19.1. The van der Waals surface area contributed by atoms with Gasteiger partial charge < -0.3 is 14.2 Å². The molecule has 0 aromatic carbocycles. The third-order valence-corrected chi connectivity index (χ3v) is 12.2. The van der Waals surface area contributed by atoms with E-state index >= 15 is 0 Å². The lowest BCUT2D eigenvalue weighted by atomic mass is 10.1. The van der Waals surface area contributed by atoms with Gasteiger partial charge in [0.05, 0.1) is 0 Å². The van der Waals surface area contributed by atoms with Crippen LogP contribution in [0.25, 0.3) is 0 Å². The Morgan fingerprint density at radius 1 is 0.296 bits per heavy atom. The zero-order valence-electron chi connectivity index (χ0n) is 46.2. The van der Waals surface area contributed by atoms with Crippen LogP contribution in [0.15, 0.2) is 109 Å². The van der Waals surface area contributed by atoms with Gasteiger partial charge in [-0.3, -0.25) is 14.4 Å². The molecule has 0 heterocycles. The number of carbonyl (C=O) groups excluding carboxylic acids is 3. The van der Waals surface area contributed by atoms with E-state index in [2.05, 4.69) is 130 Å². The van der Waals surface area contributed by atoms with Gasteiger partial charge in [0.15, 0.2) is 6.10 Å². The molecular weight excluding hydrogens is 877 g/mol. The van der Waals surface area contributed by atoms with Crippen molar-refractivity contribution in [3.8, 4) is 0 Å². The maximum absolute atomic E-state index is 12.8. The van der Waals surface area contributed by atoms with Crippen LogP contribution < -0.4 is 0 Å². The largest absolute Gasteiger partial charge is 0.462 e. The van der Waals surface area contributed by atoms with E-state index in [0.29, 0.717) is 19.3 Å². The predicted octanol–water partition coefficient (Wildman–Crippen LogP) is 19.9. The Bertz CT molecular complexity index is 1460. The number of unbranched alkanes of at least 4 members (excludes halogenated alkanes) is 23. The zero-order chi connectivity index (χ0) is 51.4. The van der Waals surface area contributed by atoms with Crippen LogP contribution in [0.4, 0.5) is 0 Å². The predicted molar refractivity (Wildman–Crippen MR) is 307 cm³/mol. The summed E-state index contributed by atoms with van der Waals surface area (Å²) >= 11 is 0. The van der Waals surface area contributed by atoms with Crippen molar-refractivity contribution in [3.05, 3.63) is 109 Å². The van der Waals surface area contributed by atoms with Gasteiger partial charge in [-0.2, -0.15) is 0 Å². The van der Waals surface area contributed by atoms with Crippen LogP contribution in [0.1, 0.15) is 265 Å². The summed E-state index contributed by atoms with van der Waals surface area (Å²) in [6.45, 7) is 6.36. The number of hydrogen-bond donors (Lipinski definition) is 0. The van der Waals surface area contributed by atoms with E-state index < -0.39 is 6.10 Å². The molecule has 0 rings (SSSR count). The Morgan fingerprint density at radius 2 is 0.549 bits per heavy atom. The minimum Gasteiger partial charge on any atom is -0.462 e. The van der Waals surface area contributed by atoms with Gasteiger partial charge in [0.2, 0.25) is 0 Å². The third kappa shape index (κ3) is 56.9. The fourth-order valence-electron chi connectivity index (χ4n) is 7.89. The first-order valence-electron chi connectivity index (χ1n) is 29.4. The van der Waals surface area contributed by atoms with Gasteiger partial charge >= 0.3 is 17.9 Å². The van der Waals surface area contributed by atoms with E-state index in [1.165, 1.54) is 89.9 Å². The van der Waals surface area contributed by atoms with E-state index in [1.54, 1.807) is 0 Å². The highest BCUT2D eigenvalue weighted by Gasteiger charge is 2.19. The van der Waals surface area contributed by atoms with Crippen molar-refractivity contribution in [3.63, 3.8) is 0 Å². The highest BCUT2D eigenvalue weighted by Crippen LogP contribution is 2.15. The Morgan fingerprint density at radius 3 is 0.873 bits per heavy atom. The van der Waals surface area contributed by atoms with Crippen molar-refractivity contribution >= 4 is 17.9 Å². The van der Waals surface area contributed by atoms with E-state index in [0.717, 1.165) is 135 Å². The molecular formula is C65H108O6. The summed E-state index contributed by atoms with van der Waals surface area (Å²) in [5, 5.41) is 0. The second-order valence-corrected chi connectivity index (χ2v) is 19.1. The van der Waals surface area contributed by atoms with Crippen LogP contribution in [0.5, 0.6) is 0 Å². The molecule has 1 unspecified atom stereocenters. The molecule has 0 bridgehead atoms. The minimum atomic E-state index is -0.803. The molecule has 0 aromatic rings. The lowest BCUT2D eigenvalue weighted by Gasteiger charge is -2.18. The number of carbonyl (C=O) groups is 3. The second kappa shape index (κ2) is 58.6. The number of hydrogen-bond acceptors (Lipinski definition) is 6. The van der Waals surface area contributed by atoms with Gasteiger partial charge in [0, 0.05) is 19.3 Å². The zero-order valence-corrected chi connectivity index (χ0v) is 46.2. The maximum Gasteiger partial charge on any atom is 0.306 e. The monoisotopic (exact) mass is 985 g/mol. The van der Waals surface area contributed by atoms with Gasteiger partial charge in [0.1, 0.15) is 13.2 Å². The molecule has 0 amide bonds. The molecule has 0 aromatic heterocycles. The third-order valence-electron chi connectivity index (χ3n) is 12.2. The molecule has 0 radical (unpaired) electrons. The molecule has 0 aliphatic rings. The first-order chi connectivity index (χ1) is 35.0. The van der Waals surface area contributed by atoms with Crippen molar-refractivity contribution in [2.75, 3.05) is 13.2 Å². The van der Waals surface area contributed by atoms with Crippen molar-refractivity contribution in [1.82, 2.24) is 0 Å². The van der Waals surface area contributed by atoms with Crippen LogP contribution in [-0.4, -0.2) is 37.2 Å². The lowest BCUT2D eigenvalue weighted by Crippen LogP contribution is -2.30. The molecule has 6 nitrogen and oxygen atoms in total. The van der Waals surface area contributed by atoms with Crippen molar-refractivity contribution in [2.45, 2.75) is 271 Å². The van der Waals surface area contributed by atoms with Crippen LogP contribution in [0.3, 0.4) is 0 Å². The van der Waals surface area contributed by atoms with Gasteiger partial charge in [-0.15, -0.1) is 0 Å². The van der Waals surface area contributed by atoms with Crippen LogP contribution in [0, 0.1) is 0 Å². The fraction of sp³-hybridized carbons (Fsp3) is 0.677. The van der Waals surface area contributed by atoms with Crippen LogP contribution >= 0.6 is 0 Å². The summed E-state index contributed by atoms with van der Waals surface area (Å²) in [5.74, 6) is -0.949. The standard InChI is InChI=1S/C65H108O6/c1-4-7-10-13-16-19-22-25-27-28-29-30-31-32-33-34-35-36-38-40-43-46-49-52-55-58-64(67)70-61-62(60-69-63(66)57-54-51-48-45-42-39-24-21-18-15-12-9-6-3)71-65(68)59-56-53-50-47-44-41-37-26-23-20-17-14-11-8-5-2/h8-9,11-12,17-18,20-22,25-26,28-29,31-32,37,39,42,62H,4-7,10,13-16,19,23-24,27,30,33-36,38,40-41,43-61H2,1-3H3/b11-8-,12-9-,20-17-,21-18-,25-22-,29-28-,32-31-,37-26-,42-39-. The number of ether oxygens (including phenoxy) is 3. The molecule has 404 valence electrons. The van der Waals surface area contributed by atoms with E-state index in [9.17, 15) is 14.4 Å². The highest BCUT2D eigenvalue weighted by molar-refractivity contribution is 5.71. The quantitative estimate of drug-likeness (QED) is 0.0261. The fourth-order valence-corrected chi connectivity index (χ4v) is 7.89. The van der Waals surface area contributed by atoms with Gasteiger partial charge in [-0.1, -0.05) is 233 Å². The van der Waals surface area contributed by atoms with E-state index in [1.807, 2.05) is 0 Å². The molecule has 6 heteroatoms. The molecule has 0 aliphatic heterocycles. The molecule has 71 heavy (non-hydrogen) atoms. The summed E-state index contributed by atoms with van der Waals surface area (Å²) in [6.07, 6.45) is 79.5. The van der Waals surface area contributed by atoms with Gasteiger partial charge in [0.25, 0.3) is 0 Å². The molecule has 0 N–H and O–H groups in total. The first kappa shape index (κ1) is 67.1. The normalized spacial score (nSPS) is 12.9. The minimum absolute atomic E-state index is 0.0981. The maximum atomic E-state index is 12.8. The average Bonchev–Trinajstić information content (AvgIpc) is 3.37. The number of rotatable bonds is 52. The molecule has 1 atom stereocenters. The number of allylic oxidation sites excluding steroid dienone is 18. The van der Waals surface area contributed by atoms with E-state index in [-0.39, 0.29) is 31.1 Å². The van der Waals surface area contributed by atoms with Crippen molar-refractivity contribution in [2.24, 2.45) is 0 Å². The van der Waals surface area contributed by atoms with Gasteiger partial charge in [-0.25, -0.2) is 0 Å². The van der Waals surface area contributed by atoms with Crippen LogP contribution in [-0.2, 0) is 28.6 Å².